The SMILES string of the molecule is COc1ccc(NC(=O)CCC2CCCN(C(=O)Cc3ccccc3F)C2)c(C)c1. The number of methoxy groups -OCH3 is 1. The van der Waals surface area contributed by atoms with Crippen molar-refractivity contribution in [1.29, 1.82) is 0 Å². The highest BCUT2D eigenvalue weighted by Crippen LogP contribution is 2.24. The molecule has 1 saturated heterocycles. The largest absolute Gasteiger partial charge is 0.497 e. The third kappa shape index (κ3) is 5.81. The van der Waals surface area contributed by atoms with Crippen LogP contribution in [0, 0.1) is 18.7 Å². The Labute approximate surface area is 177 Å². The Morgan fingerprint density at radius 2 is 2.03 bits per heavy atom. The predicted molar refractivity (Wildman–Crippen MR) is 115 cm³/mol. The van der Waals surface area contributed by atoms with Crippen molar-refractivity contribution in [3.05, 3.63) is 59.4 Å². The van der Waals surface area contributed by atoms with E-state index in [2.05, 4.69) is 5.32 Å². The number of hydrogen-bond acceptors (Lipinski definition) is 3. The zero-order valence-corrected chi connectivity index (χ0v) is 17.6. The second-order valence-corrected chi connectivity index (χ2v) is 7.88. The minimum Gasteiger partial charge on any atom is -0.497 e. The molecule has 1 fully saturated rings. The smallest absolute Gasteiger partial charge is 0.227 e. The molecule has 1 aliphatic heterocycles. The number of halogens is 1. The topological polar surface area (TPSA) is 58.6 Å². The number of benzene rings is 2. The van der Waals surface area contributed by atoms with Crippen LogP contribution in [-0.2, 0) is 16.0 Å². The molecule has 0 spiro atoms. The summed E-state index contributed by atoms with van der Waals surface area (Å²) >= 11 is 0. The van der Waals surface area contributed by atoms with Gasteiger partial charge in [-0.1, -0.05) is 18.2 Å². The molecule has 2 amide bonds. The summed E-state index contributed by atoms with van der Waals surface area (Å²) in [5, 5.41) is 2.96. The Balaban J connectivity index is 1.48. The van der Waals surface area contributed by atoms with Gasteiger partial charge >= 0.3 is 0 Å². The van der Waals surface area contributed by atoms with E-state index in [9.17, 15) is 14.0 Å². The lowest BCUT2D eigenvalue weighted by molar-refractivity contribution is -0.132. The van der Waals surface area contributed by atoms with Gasteiger partial charge in [-0.2, -0.15) is 0 Å². The van der Waals surface area contributed by atoms with Gasteiger partial charge in [-0.05, 0) is 67.5 Å². The van der Waals surface area contributed by atoms with E-state index in [1.807, 2.05) is 30.0 Å². The molecule has 160 valence electrons. The van der Waals surface area contributed by atoms with Gasteiger partial charge in [0.1, 0.15) is 11.6 Å². The lowest BCUT2D eigenvalue weighted by Gasteiger charge is -2.33. The van der Waals surface area contributed by atoms with E-state index in [0.717, 1.165) is 36.3 Å². The fourth-order valence-corrected chi connectivity index (χ4v) is 3.90. The molecule has 1 unspecified atom stereocenters. The third-order valence-electron chi connectivity index (χ3n) is 5.66. The number of ether oxygens (including phenoxy) is 1. The van der Waals surface area contributed by atoms with Gasteiger partial charge in [-0.25, -0.2) is 4.39 Å². The second kappa shape index (κ2) is 10.2. The summed E-state index contributed by atoms with van der Waals surface area (Å²) < 4.78 is 19.0. The standard InChI is InChI=1S/C24H29FN2O3/c1-17-14-20(30-2)10-11-22(17)26-23(28)12-9-18-6-5-13-27(16-18)24(29)15-19-7-3-4-8-21(19)25/h3-4,7-8,10-11,14,18H,5-6,9,12-13,15-16H2,1-2H3,(H,26,28). The molecule has 1 N–H and O–H groups in total. The zero-order valence-electron chi connectivity index (χ0n) is 17.6. The van der Waals surface area contributed by atoms with Crippen LogP contribution in [-0.4, -0.2) is 36.9 Å². The number of nitrogens with one attached hydrogen (secondary N) is 1. The van der Waals surface area contributed by atoms with Crippen LogP contribution in [0.5, 0.6) is 5.75 Å². The van der Waals surface area contributed by atoms with Crippen molar-refractivity contribution in [3.63, 3.8) is 0 Å². The second-order valence-electron chi connectivity index (χ2n) is 7.88. The van der Waals surface area contributed by atoms with E-state index >= 15 is 0 Å². The molecule has 2 aromatic rings. The van der Waals surface area contributed by atoms with Crippen LogP contribution in [0.4, 0.5) is 10.1 Å². The number of piperidine rings is 1. The quantitative estimate of drug-likeness (QED) is 0.736. The van der Waals surface area contributed by atoms with Crippen molar-refractivity contribution >= 4 is 17.5 Å². The van der Waals surface area contributed by atoms with Crippen LogP contribution in [0.2, 0.25) is 0 Å². The Morgan fingerprint density at radius 1 is 1.23 bits per heavy atom. The normalized spacial score (nSPS) is 16.2. The molecule has 2 aromatic carbocycles. The molecule has 5 nitrogen and oxygen atoms in total. The number of anilines is 1. The van der Waals surface area contributed by atoms with Gasteiger partial charge in [0.05, 0.1) is 13.5 Å². The van der Waals surface area contributed by atoms with Gasteiger partial charge < -0.3 is 15.0 Å². The highest BCUT2D eigenvalue weighted by molar-refractivity contribution is 5.91. The highest BCUT2D eigenvalue weighted by Gasteiger charge is 2.24. The number of likely N-dealkylation sites (tertiary alicyclic amines) is 1. The molecule has 1 atom stereocenters. The molecule has 6 heteroatoms. The first kappa shape index (κ1) is 21.8. The number of hydrogen-bond donors (Lipinski definition) is 1. The molecule has 0 radical (unpaired) electrons. The van der Waals surface area contributed by atoms with Gasteiger partial charge in [-0.15, -0.1) is 0 Å². The van der Waals surface area contributed by atoms with Crippen LogP contribution in [0.3, 0.4) is 0 Å². The lowest BCUT2D eigenvalue weighted by atomic mass is 9.92. The predicted octanol–water partition coefficient (Wildman–Crippen LogP) is 4.34. The molecule has 1 heterocycles. The van der Waals surface area contributed by atoms with Gasteiger partial charge in [-0.3, -0.25) is 9.59 Å². The fraction of sp³-hybridized carbons (Fsp3) is 0.417. The maximum atomic E-state index is 13.8. The maximum Gasteiger partial charge on any atom is 0.227 e. The minimum absolute atomic E-state index is 0.0296. The molecule has 30 heavy (non-hydrogen) atoms. The third-order valence-corrected chi connectivity index (χ3v) is 5.66. The molecule has 0 aromatic heterocycles. The number of aryl methyl sites for hydroxylation is 1. The molecule has 1 aliphatic rings. The fourth-order valence-electron chi connectivity index (χ4n) is 3.90. The van der Waals surface area contributed by atoms with E-state index < -0.39 is 0 Å². The van der Waals surface area contributed by atoms with E-state index in [-0.39, 0.29) is 30.0 Å². The summed E-state index contributed by atoms with van der Waals surface area (Å²) in [6.07, 6.45) is 3.12. The Bertz CT molecular complexity index is 900. The number of amides is 2. The number of nitrogens with zero attached hydrogens (tertiary/aromatic N) is 1. The molecule has 3 rings (SSSR count). The molecule has 0 bridgehead atoms. The summed E-state index contributed by atoms with van der Waals surface area (Å²) in [4.78, 5) is 26.8. The summed E-state index contributed by atoms with van der Waals surface area (Å²) in [6, 6.07) is 12.0. The zero-order chi connectivity index (χ0) is 21.5. The van der Waals surface area contributed by atoms with Crippen molar-refractivity contribution in [2.45, 2.75) is 39.0 Å². The minimum atomic E-state index is -0.343. The van der Waals surface area contributed by atoms with Crippen molar-refractivity contribution in [2.24, 2.45) is 5.92 Å². The van der Waals surface area contributed by atoms with Crippen molar-refractivity contribution in [1.82, 2.24) is 4.90 Å². The van der Waals surface area contributed by atoms with Crippen molar-refractivity contribution in [3.8, 4) is 5.75 Å². The average molecular weight is 413 g/mol. The number of carbonyl (C=O) groups excluding carboxylic acids is 2. The summed E-state index contributed by atoms with van der Waals surface area (Å²) in [5.74, 6) is 0.616. The molecule has 0 saturated carbocycles. The van der Waals surface area contributed by atoms with Crippen LogP contribution >= 0.6 is 0 Å². The van der Waals surface area contributed by atoms with Gasteiger partial charge in [0.25, 0.3) is 0 Å². The summed E-state index contributed by atoms with van der Waals surface area (Å²) in [7, 11) is 1.61. The van der Waals surface area contributed by atoms with E-state index in [0.29, 0.717) is 25.1 Å². The number of carbonyl (C=O) groups is 2. The average Bonchev–Trinajstić information content (AvgIpc) is 2.75. The van der Waals surface area contributed by atoms with Gasteiger partial charge in [0.15, 0.2) is 0 Å². The summed E-state index contributed by atoms with van der Waals surface area (Å²) in [5.41, 5.74) is 2.16. The first-order valence-electron chi connectivity index (χ1n) is 10.4. The van der Waals surface area contributed by atoms with Gasteiger partial charge in [0, 0.05) is 25.2 Å². The highest BCUT2D eigenvalue weighted by atomic mass is 19.1. The first-order chi connectivity index (χ1) is 14.5. The van der Waals surface area contributed by atoms with Crippen LogP contribution in [0.1, 0.15) is 36.8 Å². The Kier molecular flexibility index (Phi) is 7.44. The van der Waals surface area contributed by atoms with E-state index in [4.69, 9.17) is 4.74 Å². The molecule has 0 aliphatic carbocycles. The molecular formula is C24H29FN2O3. The van der Waals surface area contributed by atoms with Crippen LogP contribution in [0.15, 0.2) is 42.5 Å². The Hall–Kier alpha value is -2.89. The van der Waals surface area contributed by atoms with Crippen molar-refractivity contribution < 1.29 is 18.7 Å². The summed E-state index contributed by atoms with van der Waals surface area (Å²) in [6.45, 7) is 3.25. The van der Waals surface area contributed by atoms with Gasteiger partial charge in [0.2, 0.25) is 11.8 Å². The van der Waals surface area contributed by atoms with E-state index in [1.54, 1.807) is 25.3 Å². The van der Waals surface area contributed by atoms with Crippen LogP contribution in [0.25, 0.3) is 0 Å². The first-order valence-corrected chi connectivity index (χ1v) is 10.4. The van der Waals surface area contributed by atoms with Crippen molar-refractivity contribution in [2.75, 3.05) is 25.5 Å². The lowest BCUT2D eigenvalue weighted by Crippen LogP contribution is -2.41. The monoisotopic (exact) mass is 412 g/mol. The van der Waals surface area contributed by atoms with E-state index in [1.165, 1.54) is 6.07 Å². The maximum absolute atomic E-state index is 13.8. The Morgan fingerprint density at radius 3 is 2.77 bits per heavy atom. The van der Waals surface area contributed by atoms with Crippen LogP contribution < -0.4 is 10.1 Å². The number of rotatable bonds is 7. The molecular weight excluding hydrogens is 383 g/mol.